The standard InChI is InChI=1S/C12H25N3O/c1-10(2)9-15(11-6-7-11)8-4-3-5-12(16)14-13/h10-11H,3-9,13H2,1-2H3,(H,14,16). The molecule has 0 atom stereocenters. The smallest absolute Gasteiger partial charge is 0.233 e. The number of nitrogens with one attached hydrogen (secondary N) is 1. The van der Waals surface area contributed by atoms with Crippen LogP contribution in [0.2, 0.25) is 0 Å². The van der Waals surface area contributed by atoms with E-state index in [1.165, 1.54) is 19.4 Å². The van der Waals surface area contributed by atoms with Gasteiger partial charge >= 0.3 is 0 Å². The van der Waals surface area contributed by atoms with Crippen LogP contribution in [-0.2, 0) is 4.79 Å². The lowest BCUT2D eigenvalue weighted by molar-refractivity contribution is -0.121. The highest BCUT2D eigenvalue weighted by atomic mass is 16.2. The van der Waals surface area contributed by atoms with E-state index in [4.69, 9.17) is 5.84 Å². The molecule has 1 amide bonds. The Kier molecular flexibility index (Phi) is 5.77. The Morgan fingerprint density at radius 3 is 2.62 bits per heavy atom. The number of nitrogens with zero attached hydrogens (tertiary/aromatic N) is 1. The first-order chi connectivity index (χ1) is 7.63. The Balaban J connectivity index is 2.10. The summed E-state index contributed by atoms with van der Waals surface area (Å²) in [5.41, 5.74) is 2.17. The molecule has 1 aliphatic carbocycles. The van der Waals surface area contributed by atoms with Gasteiger partial charge in [-0.2, -0.15) is 0 Å². The third kappa shape index (κ3) is 5.47. The maximum Gasteiger partial charge on any atom is 0.233 e. The fourth-order valence-corrected chi connectivity index (χ4v) is 2.00. The molecule has 1 saturated carbocycles. The molecular weight excluding hydrogens is 202 g/mol. The van der Waals surface area contributed by atoms with Crippen LogP contribution in [0.15, 0.2) is 0 Å². The highest BCUT2D eigenvalue weighted by Crippen LogP contribution is 2.27. The van der Waals surface area contributed by atoms with Crippen molar-refractivity contribution in [2.75, 3.05) is 13.1 Å². The predicted octanol–water partition coefficient (Wildman–Crippen LogP) is 1.27. The van der Waals surface area contributed by atoms with Crippen molar-refractivity contribution < 1.29 is 4.79 Å². The molecule has 4 nitrogen and oxygen atoms in total. The van der Waals surface area contributed by atoms with Crippen LogP contribution < -0.4 is 11.3 Å². The summed E-state index contributed by atoms with van der Waals surface area (Å²) >= 11 is 0. The Labute approximate surface area is 98.5 Å². The zero-order chi connectivity index (χ0) is 12.0. The zero-order valence-electron chi connectivity index (χ0n) is 10.5. The van der Waals surface area contributed by atoms with Crippen LogP contribution in [0.25, 0.3) is 0 Å². The number of rotatable bonds is 8. The van der Waals surface area contributed by atoms with Crippen LogP contribution in [0.5, 0.6) is 0 Å². The third-order valence-corrected chi connectivity index (χ3v) is 2.92. The lowest BCUT2D eigenvalue weighted by Gasteiger charge is -2.23. The number of amides is 1. The van der Waals surface area contributed by atoms with Gasteiger partial charge < -0.3 is 4.90 Å². The minimum absolute atomic E-state index is 0.0539. The van der Waals surface area contributed by atoms with E-state index in [2.05, 4.69) is 24.2 Å². The van der Waals surface area contributed by atoms with Gasteiger partial charge in [-0.25, -0.2) is 5.84 Å². The quantitative estimate of drug-likeness (QED) is 0.284. The van der Waals surface area contributed by atoms with Crippen LogP contribution >= 0.6 is 0 Å². The molecule has 0 aromatic carbocycles. The van der Waals surface area contributed by atoms with Crippen LogP contribution in [-0.4, -0.2) is 29.9 Å². The summed E-state index contributed by atoms with van der Waals surface area (Å²) in [4.78, 5) is 13.5. The largest absolute Gasteiger partial charge is 0.300 e. The molecule has 0 aliphatic heterocycles. The Bertz CT molecular complexity index is 214. The van der Waals surface area contributed by atoms with Gasteiger partial charge in [0, 0.05) is 19.0 Å². The Morgan fingerprint density at radius 1 is 1.44 bits per heavy atom. The van der Waals surface area contributed by atoms with Gasteiger partial charge in [0.15, 0.2) is 0 Å². The number of carbonyl (C=O) groups is 1. The van der Waals surface area contributed by atoms with Crippen LogP contribution in [0, 0.1) is 5.92 Å². The molecule has 0 unspecified atom stereocenters. The van der Waals surface area contributed by atoms with Crippen molar-refractivity contribution in [3.63, 3.8) is 0 Å². The lowest BCUT2D eigenvalue weighted by Crippen LogP contribution is -2.32. The second kappa shape index (κ2) is 6.86. The van der Waals surface area contributed by atoms with Crippen molar-refractivity contribution >= 4 is 5.91 Å². The number of hydrogen-bond donors (Lipinski definition) is 2. The van der Waals surface area contributed by atoms with E-state index in [0.29, 0.717) is 6.42 Å². The zero-order valence-corrected chi connectivity index (χ0v) is 10.5. The van der Waals surface area contributed by atoms with Gasteiger partial charge in [0.05, 0.1) is 0 Å². The van der Waals surface area contributed by atoms with E-state index in [0.717, 1.165) is 31.3 Å². The highest BCUT2D eigenvalue weighted by Gasteiger charge is 2.28. The van der Waals surface area contributed by atoms with Crippen molar-refractivity contribution in [2.45, 2.75) is 52.0 Å². The van der Waals surface area contributed by atoms with Crippen molar-refractivity contribution in [1.29, 1.82) is 0 Å². The van der Waals surface area contributed by atoms with Gasteiger partial charge in [0.2, 0.25) is 5.91 Å². The number of hydrazine groups is 1. The minimum Gasteiger partial charge on any atom is -0.300 e. The van der Waals surface area contributed by atoms with Crippen LogP contribution in [0.3, 0.4) is 0 Å². The van der Waals surface area contributed by atoms with Crippen molar-refractivity contribution in [3.05, 3.63) is 0 Å². The number of hydrogen-bond acceptors (Lipinski definition) is 3. The second-order valence-corrected chi connectivity index (χ2v) is 5.14. The second-order valence-electron chi connectivity index (χ2n) is 5.14. The molecule has 94 valence electrons. The number of unbranched alkanes of at least 4 members (excludes halogenated alkanes) is 1. The van der Waals surface area contributed by atoms with E-state index in [9.17, 15) is 4.79 Å². The summed E-state index contributed by atoms with van der Waals surface area (Å²) in [6.07, 6.45) is 5.30. The summed E-state index contributed by atoms with van der Waals surface area (Å²) in [6.45, 7) is 6.84. The molecule has 4 heteroatoms. The van der Waals surface area contributed by atoms with Gasteiger partial charge in [-0.05, 0) is 38.1 Å². The maximum absolute atomic E-state index is 10.9. The average Bonchev–Trinajstić information content (AvgIpc) is 3.05. The van der Waals surface area contributed by atoms with Crippen molar-refractivity contribution in [1.82, 2.24) is 10.3 Å². The predicted molar refractivity (Wildman–Crippen MR) is 65.6 cm³/mol. The molecule has 1 rings (SSSR count). The summed E-state index contributed by atoms with van der Waals surface area (Å²) in [5, 5.41) is 0. The van der Waals surface area contributed by atoms with Gasteiger partial charge in [-0.1, -0.05) is 13.8 Å². The van der Waals surface area contributed by atoms with E-state index in [1.54, 1.807) is 0 Å². The Morgan fingerprint density at radius 2 is 2.12 bits per heavy atom. The molecule has 3 N–H and O–H groups in total. The summed E-state index contributed by atoms with van der Waals surface area (Å²) < 4.78 is 0. The van der Waals surface area contributed by atoms with E-state index >= 15 is 0 Å². The van der Waals surface area contributed by atoms with Crippen molar-refractivity contribution in [2.24, 2.45) is 11.8 Å². The molecule has 1 aliphatic rings. The van der Waals surface area contributed by atoms with Gasteiger partial charge in [0.25, 0.3) is 0 Å². The molecule has 1 fully saturated rings. The Hall–Kier alpha value is -0.610. The van der Waals surface area contributed by atoms with Crippen molar-refractivity contribution in [3.8, 4) is 0 Å². The number of nitrogens with two attached hydrogens (primary N) is 1. The SMILES string of the molecule is CC(C)CN(CCCCC(=O)NN)C1CC1. The van der Waals surface area contributed by atoms with Gasteiger partial charge in [0.1, 0.15) is 0 Å². The van der Waals surface area contributed by atoms with Gasteiger partial charge in [-0.3, -0.25) is 10.2 Å². The molecule has 0 aromatic rings. The third-order valence-electron chi connectivity index (χ3n) is 2.92. The topological polar surface area (TPSA) is 58.4 Å². The lowest BCUT2D eigenvalue weighted by atomic mass is 10.1. The first-order valence-corrected chi connectivity index (χ1v) is 6.37. The van der Waals surface area contributed by atoms with E-state index in [1.807, 2.05) is 0 Å². The average molecular weight is 227 g/mol. The molecule has 0 spiro atoms. The number of carbonyl (C=O) groups excluding carboxylic acids is 1. The first-order valence-electron chi connectivity index (χ1n) is 6.37. The van der Waals surface area contributed by atoms with E-state index < -0.39 is 0 Å². The maximum atomic E-state index is 10.9. The monoisotopic (exact) mass is 227 g/mol. The van der Waals surface area contributed by atoms with Crippen LogP contribution in [0.4, 0.5) is 0 Å². The van der Waals surface area contributed by atoms with E-state index in [-0.39, 0.29) is 5.91 Å². The molecular formula is C12H25N3O. The normalized spacial score (nSPS) is 15.8. The molecule has 16 heavy (non-hydrogen) atoms. The molecule has 0 radical (unpaired) electrons. The first kappa shape index (κ1) is 13.5. The molecule has 0 bridgehead atoms. The minimum atomic E-state index is -0.0539. The fraction of sp³-hybridized carbons (Fsp3) is 0.917. The fourth-order valence-electron chi connectivity index (χ4n) is 2.00. The summed E-state index contributed by atoms with van der Waals surface area (Å²) in [7, 11) is 0. The molecule has 0 aromatic heterocycles. The van der Waals surface area contributed by atoms with Crippen LogP contribution in [0.1, 0.15) is 46.0 Å². The van der Waals surface area contributed by atoms with Gasteiger partial charge in [-0.15, -0.1) is 0 Å². The molecule has 0 heterocycles. The highest BCUT2D eigenvalue weighted by molar-refractivity contribution is 5.75. The summed E-state index contributed by atoms with van der Waals surface area (Å²) in [6, 6.07) is 0.825. The molecule has 0 saturated heterocycles. The summed E-state index contributed by atoms with van der Waals surface area (Å²) in [5.74, 6) is 5.70.